The molecule has 0 radical (unpaired) electrons. The highest BCUT2D eigenvalue weighted by molar-refractivity contribution is 7.89. The van der Waals surface area contributed by atoms with E-state index < -0.39 is 10.0 Å². The molecule has 1 atom stereocenters. The van der Waals surface area contributed by atoms with Crippen LogP contribution in [0.25, 0.3) is 0 Å². The van der Waals surface area contributed by atoms with Gasteiger partial charge in [-0.05, 0) is 43.1 Å². The average Bonchev–Trinajstić information content (AvgIpc) is 2.58. The van der Waals surface area contributed by atoms with Gasteiger partial charge in [0, 0.05) is 19.1 Å². The van der Waals surface area contributed by atoms with Gasteiger partial charge in [-0.1, -0.05) is 30.3 Å². The number of hydrogen-bond acceptors (Lipinski definition) is 5. The molecule has 0 saturated carbocycles. The predicted molar refractivity (Wildman–Crippen MR) is 97.6 cm³/mol. The van der Waals surface area contributed by atoms with Crippen molar-refractivity contribution in [3.05, 3.63) is 54.1 Å². The minimum Gasteiger partial charge on any atom is -0.506 e. The third kappa shape index (κ3) is 4.50. The predicted octanol–water partition coefficient (Wildman–Crippen LogP) is 1.92. The van der Waals surface area contributed by atoms with E-state index in [4.69, 9.17) is 5.73 Å². The molecule has 1 heterocycles. The second-order valence-corrected chi connectivity index (χ2v) is 8.12. The maximum absolute atomic E-state index is 12.6. The van der Waals surface area contributed by atoms with Crippen molar-refractivity contribution in [3.8, 4) is 5.75 Å². The van der Waals surface area contributed by atoms with E-state index in [0.29, 0.717) is 6.54 Å². The fourth-order valence-electron chi connectivity index (χ4n) is 3.12. The van der Waals surface area contributed by atoms with Crippen LogP contribution in [0.2, 0.25) is 0 Å². The van der Waals surface area contributed by atoms with Crippen molar-refractivity contribution in [1.29, 1.82) is 0 Å². The van der Waals surface area contributed by atoms with Crippen LogP contribution in [0.5, 0.6) is 5.75 Å². The maximum atomic E-state index is 12.6. The van der Waals surface area contributed by atoms with Crippen molar-refractivity contribution < 1.29 is 13.5 Å². The minimum atomic E-state index is -3.66. The average molecular weight is 361 g/mol. The maximum Gasteiger partial charge on any atom is 0.240 e. The third-order valence-corrected chi connectivity index (χ3v) is 5.90. The number of nitrogens with two attached hydrogens (primary N) is 1. The van der Waals surface area contributed by atoms with Gasteiger partial charge in [-0.3, -0.25) is 4.90 Å². The van der Waals surface area contributed by atoms with Gasteiger partial charge in [-0.2, -0.15) is 0 Å². The van der Waals surface area contributed by atoms with Crippen molar-refractivity contribution in [3.63, 3.8) is 0 Å². The van der Waals surface area contributed by atoms with Crippen molar-refractivity contribution in [2.45, 2.75) is 30.3 Å². The Labute approximate surface area is 148 Å². The normalized spacial score (nSPS) is 19.0. The third-order valence-electron chi connectivity index (χ3n) is 4.39. The molecular weight excluding hydrogens is 338 g/mol. The molecule has 0 aliphatic carbocycles. The van der Waals surface area contributed by atoms with Crippen LogP contribution in [0.15, 0.2) is 53.4 Å². The fraction of sp³-hybridized carbons (Fsp3) is 0.333. The number of rotatable bonds is 5. The smallest absolute Gasteiger partial charge is 0.240 e. The molecule has 0 spiro atoms. The van der Waals surface area contributed by atoms with E-state index in [1.807, 2.05) is 18.2 Å². The summed E-state index contributed by atoms with van der Waals surface area (Å²) in [5.74, 6) is -0.120. The van der Waals surface area contributed by atoms with Gasteiger partial charge in [-0.25, -0.2) is 13.1 Å². The number of hydrogen-bond donors (Lipinski definition) is 3. The van der Waals surface area contributed by atoms with Crippen LogP contribution in [0, 0.1) is 0 Å². The number of nitrogens with one attached hydrogen (secondary N) is 1. The molecule has 2 aromatic carbocycles. The lowest BCUT2D eigenvalue weighted by Crippen LogP contribution is -2.47. The first-order chi connectivity index (χ1) is 11.9. The Kier molecular flexibility index (Phi) is 5.27. The SMILES string of the molecule is Nc1cc(S(=O)(=O)NC2CCCN(Cc3ccccc3)C2)ccc1O. The molecule has 6 nitrogen and oxygen atoms in total. The van der Waals surface area contributed by atoms with Crippen molar-refractivity contribution in [2.24, 2.45) is 0 Å². The first-order valence-electron chi connectivity index (χ1n) is 8.31. The van der Waals surface area contributed by atoms with E-state index in [2.05, 4.69) is 21.8 Å². The monoisotopic (exact) mass is 361 g/mol. The van der Waals surface area contributed by atoms with E-state index in [9.17, 15) is 13.5 Å². The lowest BCUT2D eigenvalue weighted by Gasteiger charge is -2.33. The Hall–Kier alpha value is -2.09. The van der Waals surface area contributed by atoms with Gasteiger partial charge < -0.3 is 10.8 Å². The summed E-state index contributed by atoms with van der Waals surface area (Å²) in [6.45, 7) is 2.44. The number of sulfonamides is 1. The molecule has 1 aliphatic rings. The number of phenols is 1. The second-order valence-electron chi connectivity index (χ2n) is 6.40. The molecule has 2 aromatic rings. The quantitative estimate of drug-likeness (QED) is 0.559. The number of likely N-dealkylation sites (tertiary alicyclic amines) is 1. The fourth-order valence-corrected chi connectivity index (χ4v) is 4.42. The van der Waals surface area contributed by atoms with Gasteiger partial charge in [0.05, 0.1) is 10.6 Å². The number of anilines is 1. The van der Waals surface area contributed by atoms with Crippen LogP contribution in [0.3, 0.4) is 0 Å². The van der Waals surface area contributed by atoms with Gasteiger partial charge in [0.15, 0.2) is 0 Å². The van der Waals surface area contributed by atoms with Crippen LogP contribution in [-0.4, -0.2) is 37.6 Å². The lowest BCUT2D eigenvalue weighted by molar-refractivity contribution is 0.194. The van der Waals surface area contributed by atoms with Gasteiger partial charge in [0.1, 0.15) is 5.75 Å². The highest BCUT2D eigenvalue weighted by Gasteiger charge is 2.25. The number of aromatic hydroxyl groups is 1. The summed E-state index contributed by atoms with van der Waals surface area (Å²) in [6.07, 6.45) is 1.75. The number of nitrogen functional groups attached to an aromatic ring is 1. The summed E-state index contributed by atoms with van der Waals surface area (Å²) >= 11 is 0. The van der Waals surface area contributed by atoms with Crippen LogP contribution in [0.1, 0.15) is 18.4 Å². The Bertz CT molecular complexity index is 825. The number of benzene rings is 2. The van der Waals surface area contributed by atoms with Crippen LogP contribution >= 0.6 is 0 Å². The van der Waals surface area contributed by atoms with Crippen molar-refractivity contribution in [2.75, 3.05) is 18.8 Å². The standard InChI is InChI=1S/C18H23N3O3S/c19-17-11-16(8-9-18(17)22)25(23,24)20-15-7-4-10-21(13-15)12-14-5-2-1-3-6-14/h1-3,5-6,8-9,11,15,20,22H,4,7,10,12-13,19H2. The van der Waals surface area contributed by atoms with Crippen LogP contribution in [0.4, 0.5) is 5.69 Å². The highest BCUT2D eigenvalue weighted by atomic mass is 32.2. The zero-order chi connectivity index (χ0) is 17.9. The van der Waals surface area contributed by atoms with Crippen molar-refractivity contribution in [1.82, 2.24) is 9.62 Å². The molecule has 0 amide bonds. The first kappa shape index (κ1) is 17.7. The Morgan fingerprint density at radius 3 is 2.68 bits per heavy atom. The largest absolute Gasteiger partial charge is 0.506 e. The zero-order valence-electron chi connectivity index (χ0n) is 13.9. The van der Waals surface area contributed by atoms with E-state index in [-0.39, 0.29) is 22.4 Å². The summed E-state index contributed by atoms with van der Waals surface area (Å²) in [6, 6.07) is 14.0. The van der Waals surface area contributed by atoms with Crippen LogP contribution < -0.4 is 10.5 Å². The molecule has 3 rings (SSSR count). The number of nitrogens with zero attached hydrogens (tertiary/aromatic N) is 1. The molecule has 0 aromatic heterocycles. The van der Waals surface area contributed by atoms with Gasteiger partial charge in [0.25, 0.3) is 0 Å². The first-order valence-corrected chi connectivity index (χ1v) is 9.79. The lowest BCUT2D eigenvalue weighted by atomic mass is 10.1. The highest BCUT2D eigenvalue weighted by Crippen LogP contribution is 2.24. The Morgan fingerprint density at radius 1 is 1.20 bits per heavy atom. The van der Waals surface area contributed by atoms with Gasteiger partial charge in [-0.15, -0.1) is 0 Å². The summed E-state index contributed by atoms with van der Waals surface area (Å²) in [5, 5.41) is 9.46. The van der Waals surface area contributed by atoms with Gasteiger partial charge in [0.2, 0.25) is 10.0 Å². The summed E-state index contributed by atoms with van der Waals surface area (Å²) < 4.78 is 27.9. The van der Waals surface area contributed by atoms with Gasteiger partial charge >= 0.3 is 0 Å². The number of piperidine rings is 1. The molecule has 1 aliphatic heterocycles. The summed E-state index contributed by atoms with van der Waals surface area (Å²) in [7, 11) is -3.66. The topological polar surface area (TPSA) is 95.7 Å². The van der Waals surface area contributed by atoms with E-state index in [0.717, 1.165) is 25.9 Å². The van der Waals surface area contributed by atoms with Crippen molar-refractivity contribution >= 4 is 15.7 Å². The molecule has 1 fully saturated rings. The minimum absolute atomic E-state index is 0.0530. The zero-order valence-corrected chi connectivity index (χ0v) is 14.7. The molecule has 7 heteroatoms. The molecule has 4 N–H and O–H groups in total. The Balaban J connectivity index is 1.66. The molecule has 1 unspecified atom stereocenters. The van der Waals surface area contributed by atoms with E-state index in [1.165, 1.54) is 23.8 Å². The number of phenolic OH excluding ortho intramolecular Hbond substituents is 1. The van der Waals surface area contributed by atoms with Crippen LogP contribution in [-0.2, 0) is 16.6 Å². The summed E-state index contributed by atoms with van der Waals surface area (Å²) in [5.41, 5.74) is 6.88. The van der Waals surface area contributed by atoms with E-state index >= 15 is 0 Å². The molecule has 134 valence electrons. The summed E-state index contributed by atoms with van der Waals surface area (Å²) in [4.78, 5) is 2.33. The van der Waals surface area contributed by atoms with E-state index in [1.54, 1.807) is 0 Å². The second kappa shape index (κ2) is 7.43. The molecule has 0 bridgehead atoms. The Morgan fingerprint density at radius 2 is 1.96 bits per heavy atom. The molecule has 25 heavy (non-hydrogen) atoms. The molecule has 1 saturated heterocycles. The molecular formula is C18H23N3O3S.